The number of likely N-dealkylation sites (N-methyl/N-ethyl adjacent to an activating group) is 1. The summed E-state index contributed by atoms with van der Waals surface area (Å²) in [4.78, 5) is 61.2. The molecule has 0 unspecified atom stereocenters. The van der Waals surface area contributed by atoms with Crippen LogP contribution in [0.5, 0.6) is 0 Å². The fourth-order valence-corrected chi connectivity index (χ4v) is 10.3. The highest BCUT2D eigenvalue weighted by Crippen LogP contribution is 2.21. The average molecular weight is 1110 g/mol. The summed E-state index contributed by atoms with van der Waals surface area (Å²) in [6, 6.07) is 0. The van der Waals surface area contributed by atoms with Crippen LogP contribution in [-0.4, -0.2) is 147 Å². The van der Waals surface area contributed by atoms with Crippen molar-refractivity contribution < 1.29 is 43.2 Å². The van der Waals surface area contributed by atoms with E-state index in [0.717, 1.165) is 129 Å². The number of nitrogens with zero attached hydrogens (tertiary/aromatic N) is 4. The zero-order valence-corrected chi connectivity index (χ0v) is 52.4. The van der Waals surface area contributed by atoms with E-state index in [4.69, 9.17) is 18.9 Å². The lowest BCUT2D eigenvalue weighted by molar-refractivity contribution is -0.146. The molecule has 0 radical (unpaired) electrons. The number of ether oxygens (including phenoxy) is 4. The van der Waals surface area contributed by atoms with Crippen molar-refractivity contribution in [1.82, 2.24) is 19.6 Å². The number of rotatable bonds is 59. The molecular weight excluding hydrogens is 981 g/mol. The van der Waals surface area contributed by atoms with Crippen LogP contribution in [0.15, 0.2) is 0 Å². The standard InChI is InChI=1S/C65H128N4O9/c1-8-15-21-23-25-35-48-68(50-37-27-33-44-62(71)77-58-60(40-29-17-10-3)41-30-18-11-4)64(73)75-56-53-67(47-39-46-66(14-7)52-55-70)54-57-76-65(74)69(49-36-26-24-22-16-9-2)51-38-28-34-45-63(72)78-59-61(42-31-19-12-5)43-32-20-13-6/h60-61,70H,8-59H2,1-7H3. The average Bonchev–Trinajstić information content (AvgIpc) is 3.43. The fourth-order valence-electron chi connectivity index (χ4n) is 10.3. The van der Waals surface area contributed by atoms with Crippen LogP contribution in [-0.2, 0) is 28.5 Å². The molecule has 0 atom stereocenters. The summed E-state index contributed by atoms with van der Waals surface area (Å²) in [5, 5.41) is 9.60. The molecule has 462 valence electrons. The van der Waals surface area contributed by atoms with Gasteiger partial charge in [-0.25, -0.2) is 9.59 Å². The van der Waals surface area contributed by atoms with Gasteiger partial charge in [-0.2, -0.15) is 0 Å². The second-order valence-electron chi connectivity index (χ2n) is 22.8. The van der Waals surface area contributed by atoms with Gasteiger partial charge in [-0.15, -0.1) is 0 Å². The van der Waals surface area contributed by atoms with E-state index in [2.05, 4.69) is 58.3 Å². The number of amides is 2. The van der Waals surface area contributed by atoms with Gasteiger partial charge in [0.25, 0.3) is 0 Å². The SMILES string of the molecule is CCCCCCCCN(CCCCCC(=O)OCC(CCCCC)CCCCC)C(=O)OCCN(CCCN(CC)CCO)CCOC(=O)N(CCCCCCCC)CCCCCC(=O)OCC(CCCCC)CCCCC. The Morgan fingerprint density at radius 3 is 1.00 bits per heavy atom. The van der Waals surface area contributed by atoms with E-state index in [1.54, 1.807) is 0 Å². The first-order valence-electron chi connectivity index (χ1n) is 33.3. The molecule has 0 rings (SSSR count). The molecule has 13 nitrogen and oxygen atoms in total. The predicted molar refractivity (Wildman–Crippen MR) is 325 cm³/mol. The van der Waals surface area contributed by atoms with Gasteiger partial charge in [0.15, 0.2) is 0 Å². The smallest absolute Gasteiger partial charge is 0.409 e. The maximum atomic E-state index is 13.7. The Morgan fingerprint density at radius 2 is 0.654 bits per heavy atom. The highest BCUT2D eigenvalue weighted by atomic mass is 16.6. The van der Waals surface area contributed by atoms with E-state index in [0.29, 0.717) is 83.7 Å². The first-order valence-corrected chi connectivity index (χ1v) is 33.3. The lowest BCUT2D eigenvalue weighted by atomic mass is 9.96. The minimum atomic E-state index is -0.293. The Morgan fingerprint density at radius 1 is 0.333 bits per heavy atom. The van der Waals surface area contributed by atoms with Gasteiger partial charge in [-0.3, -0.25) is 14.5 Å². The van der Waals surface area contributed by atoms with E-state index < -0.39 is 0 Å². The molecule has 0 bridgehead atoms. The molecule has 2 amide bonds. The van der Waals surface area contributed by atoms with Crippen LogP contribution in [0.3, 0.4) is 0 Å². The van der Waals surface area contributed by atoms with Crippen LogP contribution < -0.4 is 0 Å². The Bertz CT molecular complexity index is 1230. The predicted octanol–water partition coefficient (Wildman–Crippen LogP) is 16.4. The van der Waals surface area contributed by atoms with Gasteiger partial charge in [0.2, 0.25) is 0 Å². The number of carbonyl (C=O) groups excluding carboxylic acids is 4. The molecule has 0 aromatic rings. The van der Waals surface area contributed by atoms with E-state index >= 15 is 0 Å². The monoisotopic (exact) mass is 1110 g/mol. The molecule has 0 fully saturated rings. The molecule has 1 N–H and O–H groups in total. The summed E-state index contributed by atoms with van der Waals surface area (Å²) in [5.74, 6) is 0.702. The summed E-state index contributed by atoms with van der Waals surface area (Å²) < 4.78 is 23.6. The highest BCUT2D eigenvalue weighted by Gasteiger charge is 2.20. The molecule has 13 heteroatoms. The highest BCUT2D eigenvalue weighted by molar-refractivity contribution is 5.70. The summed E-state index contributed by atoms with van der Waals surface area (Å²) in [6.45, 7) is 23.7. The number of unbranched alkanes of at least 4 members (excludes halogenated alkanes) is 22. The summed E-state index contributed by atoms with van der Waals surface area (Å²) in [5.41, 5.74) is 0. The van der Waals surface area contributed by atoms with Gasteiger partial charge < -0.3 is 38.8 Å². The number of esters is 2. The molecule has 0 saturated heterocycles. The molecule has 0 aliphatic heterocycles. The zero-order valence-electron chi connectivity index (χ0n) is 52.4. The number of aliphatic hydroxyl groups is 1. The van der Waals surface area contributed by atoms with Crippen molar-refractivity contribution in [2.45, 2.75) is 286 Å². The van der Waals surface area contributed by atoms with Crippen LogP contribution >= 0.6 is 0 Å². The largest absolute Gasteiger partial charge is 0.465 e. The van der Waals surface area contributed by atoms with Gasteiger partial charge in [-0.1, -0.05) is 203 Å². The molecule has 0 aliphatic carbocycles. The maximum absolute atomic E-state index is 13.7. The van der Waals surface area contributed by atoms with Crippen LogP contribution in [0.1, 0.15) is 286 Å². The lowest BCUT2D eigenvalue weighted by Gasteiger charge is -2.27. The second kappa shape index (κ2) is 57.6. The van der Waals surface area contributed by atoms with E-state index in [1.165, 1.54) is 116 Å². The van der Waals surface area contributed by atoms with Crippen molar-refractivity contribution in [2.75, 3.05) is 98.5 Å². The molecule has 0 heterocycles. The van der Waals surface area contributed by atoms with Crippen molar-refractivity contribution in [1.29, 1.82) is 0 Å². The van der Waals surface area contributed by atoms with Gasteiger partial charge in [-0.05, 0) is 102 Å². The third-order valence-corrected chi connectivity index (χ3v) is 15.6. The molecule has 0 saturated carbocycles. The van der Waals surface area contributed by atoms with E-state index in [1.807, 2.05) is 9.80 Å². The van der Waals surface area contributed by atoms with Gasteiger partial charge in [0, 0.05) is 58.7 Å². The van der Waals surface area contributed by atoms with Gasteiger partial charge >= 0.3 is 24.1 Å². The second-order valence-corrected chi connectivity index (χ2v) is 22.8. The molecule has 0 spiro atoms. The van der Waals surface area contributed by atoms with Gasteiger partial charge in [0.05, 0.1) is 19.8 Å². The van der Waals surface area contributed by atoms with Crippen molar-refractivity contribution in [3.63, 3.8) is 0 Å². The molecule has 78 heavy (non-hydrogen) atoms. The quantitative estimate of drug-likeness (QED) is 0.0354. The zero-order chi connectivity index (χ0) is 57.4. The minimum absolute atomic E-state index is 0.105. The molecular formula is C65H128N4O9. The topological polar surface area (TPSA) is 138 Å². The van der Waals surface area contributed by atoms with Crippen LogP contribution in [0.4, 0.5) is 9.59 Å². The van der Waals surface area contributed by atoms with Crippen molar-refractivity contribution >= 4 is 24.1 Å². The minimum Gasteiger partial charge on any atom is -0.465 e. The third kappa shape index (κ3) is 47.0. The normalized spacial score (nSPS) is 11.6. The number of hydrogen-bond donors (Lipinski definition) is 1. The fraction of sp³-hybridized carbons (Fsp3) is 0.938. The van der Waals surface area contributed by atoms with Crippen molar-refractivity contribution in [2.24, 2.45) is 11.8 Å². The molecule has 0 aromatic heterocycles. The molecule has 0 aromatic carbocycles. The summed E-state index contributed by atoms with van der Waals surface area (Å²) >= 11 is 0. The maximum Gasteiger partial charge on any atom is 0.409 e. The third-order valence-electron chi connectivity index (χ3n) is 15.6. The van der Waals surface area contributed by atoms with Crippen molar-refractivity contribution in [3.05, 3.63) is 0 Å². The first kappa shape index (κ1) is 75.4. The Balaban J connectivity index is 5.53. The van der Waals surface area contributed by atoms with Crippen LogP contribution in [0.25, 0.3) is 0 Å². The number of hydrogen-bond acceptors (Lipinski definition) is 11. The molecule has 0 aliphatic rings. The van der Waals surface area contributed by atoms with E-state index in [9.17, 15) is 24.3 Å². The lowest BCUT2D eigenvalue weighted by Crippen LogP contribution is -2.39. The van der Waals surface area contributed by atoms with Gasteiger partial charge in [0.1, 0.15) is 13.2 Å². The Kier molecular flexibility index (Phi) is 55.6. The number of carbonyl (C=O) groups is 4. The Labute approximate surface area is 481 Å². The Hall–Kier alpha value is -2.64. The number of aliphatic hydroxyl groups excluding tert-OH is 1. The van der Waals surface area contributed by atoms with Crippen LogP contribution in [0, 0.1) is 11.8 Å². The van der Waals surface area contributed by atoms with Crippen molar-refractivity contribution in [3.8, 4) is 0 Å². The van der Waals surface area contributed by atoms with E-state index in [-0.39, 0.29) is 43.9 Å². The summed E-state index contributed by atoms with van der Waals surface area (Å²) in [7, 11) is 0. The van der Waals surface area contributed by atoms with Crippen LogP contribution in [0.2, 0.25) is 0 Å². The summed E-state index contributed by atoms with van der Waals surface area (Å²) in [6.07, 6.45) is 38.6. The first-order chi connectivity index (χ1) is 38.1.